The first-order valence-electron chi connectivity index (χ1n) is 3.67. The standard InChI is InChI=1S/C8H10O3/c9-7-5-3-1-2-4-6-8(10)11-7/h1-2H,3-6H2/b2-1-. The van der Waals surface area contributed by atoms with E-state index in [2.05, 4.69) is 4.74 Å². The van der Waals surface area contributed by atoms with E-state index in [9.17, 15) is 9.59 Å². The molecule has 1 heterocycles. The molecular formula is C8H10O3. The molecule has 11 heavy (non-hydrogen) atoms. The van der Waals surface area contributed by atoms with Crippen LogP contribution in [0, 0.1) is 0 Å². The molecule has 0 spiro atoms. The topological polar surface area (TPSA) is 43.4 Å². The molecule has 0 bridgehead atoms. The molecule has 0 atom stereocenters. The van der Waals surface area contributed by atoms with Crippen LogP contribution >= 0.6 is 0 Å². The fraction of sp³-hybridized carbons (Fsp3) is 0.500. The predicted octanol–water partition coefficient (Wildman–Crippen LogP) is 1.19. The summed E-state index contributed by atoms with van der Waals surface area (Å²) in [5, 5.41) is 0. The molecule has 0 aromatic carbocycles. The van der Waals surface area contributed by atoms with Gasteiger partial charge in [0.15, 0.2) is 0 Å². The normalized spacial score (nSPS) is 22.9. The molecule has 0 unspecified atom stereocenters. The monoisotopic (exact) mass is 154 g/mol. The van der Waals surface area contributed by atoms with E-state index >= 15 is 0 Å². The van der Waals surface area contributed by atoms with E-state index in [0.29, 0.717) is 25.7 Å². The molecule has 3 nitrogen and oxygen atoms in total. The number of rotatable bonds is 0. The highest BCUT2D eigenvalue weighted by atomic mass is 16.6. The lowest BCUT2D eigenvalue weighted by atomic mass is 10.2. The summed E-state index contributed by atoms with van der Waals surface area (Å²) in [5.41, 5.74) is 0. The number of hydrogen-bond donors (Lipinski definition) is 0. The highest BCUT2D eigenvalue weighted by molar-refractivity contribution is 5.85. The Bertz CT molecular complexity index is 174. The van der Waals surface area contributed by atoms with Crippen molar-refractivity contribution in [3.05, 3.63) is 12.2 Å². The maximum absolute atomic E-state index is 10.7. The maximum atomic E-state index is 10.7. The highest BCUT2D eigenvalue weighted by Crippen LogP contribution is 2.03. The Morgan fingerprint density at radius 3 is 1.91 bits per heavy atom. The number of esters is 2. The second kappa shape index (κ2) is 3.91. The Labute approximate surface area is 65.0 Å². The number of ether oxygens (including phenoxy) is 1. The van der Waals surface area contributed by atoms with E-state index in [4.69, 9.17) is 0 Å². The van der Waals surface area contributed by atoms with E-state index in [0.717, 1.165) is 0 Å². The van der Waals surface area contributed by atoms with Gasteiger partial charge in [0.1, 0.15) is 0 Å². The van der Waals surface area contributed by atoms with Crippen LogP contribution in [-0.2, 0) is 14.3 Å². The van der Waals surface area contributed by atoms with E-state index in [1.54, 1.807) is 0 Å². The van der Waals surface area contributed by atoms with Gasteiger partial charge in [-0.1, -0.05) is 12.2 Å². The van der Waals surface area contributed by atoms with E-state index in [-0.39, 0.29) is 0 Å². The summed E-state index contributed by atoms with van der Waals surface area (Å²) in [6.45, 7) is 0. The second-order valence-electron chi connectivity index (χ2n) is 2.39. The van der Waals surface area contributed by atoms with Gasteiger partial charge in [0.2, 0.25) is 0 Å². The zero-order valence-electron chi connectivity index (χ0n) is 6.21. The molecule has 0 N–H and O–H groups in total. The lowest BCUT2D eigenvalue weighted by Gasteiger charge is -1.97. The Balaban J connectivity index is 2.49. The largest absolute Gasteiger partial charge is 0.393 e. The maximum Gasteiger partial charge on any atom is 0.313 e. The third-order valence-corrected chi connectivity index (χ3v) is 1.42. The minimum absolute atomic E-state index is 0.308. The highest BCUT2D eigenvalue weighted by Gasteiger charge is 2.09. The summed E-state index contributed by atoms with van der Waals surface area (Å²) in [6, 6.07) is 0. The zero-order chi connectivity index (χ0) is 8.10. The van der Waals surface area contributed by atoms with Crippen molar-refractivity contribution in [3.8, 4) is 0 Å². The van der Waals surface area contributed by atoms with Crippen LogP contribution in [0.4, 0.5) is 0 Å². The molecule has 0 aliphatic carbocycles. The summed E-state index contributed by atoms with van der Waals surface area (Å²) in [5.74, 6) is -0.830. The molecule has 0 aromatic rings. The SMILES string of the molecule is O=C1CC/C=C\CCC(=O)O1. The van der Waals surface area contributed by atoms with Crippen molar-refractivity contribution < 1.29 is 14.3 Å². The zero-order valence-corrected chi connectivity index (χ0v) is 6.21. The summed E-state index contributed by atoms with van der Waals surface area (Å²) in [4.78, 5) is 21.4. The van der Waals surface area contributed by atoms with E-state index in [1.165, 1.54) is 0 Å². The molecule has 0 radical (unpaired) electrons. The molecule has 1 rings (SSSR count). The van der Waals surface area contributed by atoms with Gasteiger partial charge in [0, 0.05) is 12.8 Å². The molecular weight excluding hydrogens is 144 g/mol. The van der Waals surface area contributed by atoms with Crippen LogP contribution in [0.15, 0.2) is 12.2 Å². The van der Waals surface area contributed by atoms with E-state index < -0.39 is 11.9 Å². The number of cyclic esters (lactones) is 2. The Hall–Kier alpha value is -1.12. The predicted molar refractivity (Wildman–Crippen MR) is 38.7 cm³/mol. The van der Waals surface area contributed by atoms with Crippen LogP contribution in [-0.4, -0.2) is 11.9 Å². The minimum Gasteiger partial charge on any atom is -0.393 e. The first-order valence-corrected chi connectivity index (χ1v) is 3.67. The average Bonchev–Trinajstić information content (AvgIpc) is 2.02. The molecule has 1 aliphatic heterocycles. The van der Waals surface area contributed by atoms with Gasteiger partial charge in [-0.05, 0) is 12.8 Å². The molecule has 0 saturated heterocycles. The van der Waals surface area contributed by atoms with Gasteiger partial charge in [-0.3, -0.25) is 9.59 Å². The van der Waals surface area contributed by atoms with Crippen molar-refractivity contribution in [2.24, 2.45) is 0 Å². The van der Waals surface area contributed by atoms with Crippen LogP contribution in [0.3, 0.4) is 0 Å². The van der Waals surface area contributed by atoms with Crippen LogP contribution in [0.1, 0.15) is 25.7 Å². The summed E-state index contributed by atoms with van der Waals surface area (Å²) < 4.78 is 4.45. The van der Waals surface area contributed by atoms with Crippen LogP contribution in [0.5, 0.6) is 0 Å². The average molecular weight is 154 g/mol. The number of hydrogen-bond acceptors (Lipinski definition) is 3. The van der Waals surface area contributed by atoms with Crippen molar-refractivity contribution in [2.45, 2.75) is 25.7 Å². The summed E-state index contributed by atoms with van der Waals surface area (Å²) >= 11 is 0. The van der Waals surface area contributed by atoms with Crippen molar-refractivity contribution in [2.75, 3.05) is 0 Å². The fourth-order valence-electron chi connectivity index (χ4n) is 0.867. The molecule has 0 amide bonds. The van der Waals surface area contributed by atoms with Crippen molar-refractivity contribution in [3.63, 3.8) is 0 Å². The Kier molecular flexibility index (Phi) is 2.83. The number of carbonyl (C=O) groups is 2. The summed E-state index contributed by atoms with van der Waals surface area (Å²) in [6.07, 6.45) is 5.77. The van der Waals surface area contributed by atoms with Gasteiger partial charge in [0.05, 0.1) is 0 Å². The van der Waals surface area contributed by atoms with Crippen LogP contribution in [0.2, 0.25) is 0 Å². The molecule has 0 aromatic heterocycles. The number of carbonyl (C=O) groups excluding carboxylic acids is 2. The third kappa shape index (κ3) is 2.98. The third-order valence-electron chi connectivity index (χ3n) is 1.42. The van der Waals surface area contributed by atoms with Gasteiger partial charge < -0.3 is 4.74 Å². The second-order valence-corrected chi connectivity index (χ2v) is 2.39. The lowest BCUT2D eigenvalue weighted by Crippen LogP contribution is -2.10. The molecule has 0 saturated carbocycles. The quantitative estimate of drug-likeness (QED) is 0.299. The van der Waals surface area contributed by atoms with Crippen LogP contribution < -0.4 is 0 Å². The smallest absolute Gasteiger partial charge is 0.313 e. The van der Waals surface area contributed by atoms with Gasteiger partial charge in [-0.25, -0.2) is 0 Å². The number of allylic oxidation sites excluding steroid dienone is 2. The van der Waals surface area contributed by atoms with Crippen molar-refractivity contribution in [1.82, 2.24) is 0 Å². The van der Waals surface area contributed by atoms with Crippen molar-refractivity contribution >= 4 is 11.9 Å². The first kappa shape index (κ1) is 7.98. The Morgan fingerprint density at radius 2 is 1.45 bits per heavy atom. The molecule has 1 aliphatic rings. The molecule has 3 heteroatoms. The van der Waals surface area contributed by atoms with Gasteiger partial charge in [-0.15, -0.1) is 0 Å². The van der Waals surface area contributed by atoms with Gasteiger partial charge in [-0.2, -0.15) is 0 Å². The van der Waals surface area contributed by atoms with Crippen LogP contribution in [0.25, 0.3) is 0 Å². The fourth-order valence-corrected chi connectivity index (χ4v) is 0.867. The van der Waals surface area contributed by atoms with E-state index in [1.807, 2.05) is 12.2 Å². The molecule has 60 valence electrons. The van der Waals surface area contributed by atoms with Crippen molar-refractivity contribution in [1.29, 1.82) is 0 Å². The first-order chi connectivity index (χ1) is 5.29. The summed E-state index contributed by atoms with van der Waals surface area (Å²) in [7, 11) is 0. The van der Waals surface area contributed by atoms with Gasteiger partial charge in [0.25, 0.3) is 0 Å². The Morgan fingerprint density at radius 1 is 1.00 bits per heavy atom. The lowest BCUT2D eigenvalue weighted by molar-refractivity contribution is -0.159. The van der Waals surface area contributed by atoms with Gasteiger partial charge >= 0.3 is 11.9 Å². The molecule has 0 fully saturated rings. The minimum atomic E-state index is -0.415.